The first-order chi connectivity index (χ1) is 15.4. The summed E-state index contributed by atoms with van der Waals surface area (Å²) >= 11 is 12.3. The quantitative estimate of drug-likeness (QED) is 0.236. The van der Waals surface area contributed by atoms with Crippen LogP contribution in [0.25, 0.3) is 17.4 Å². The van der Waals surface area contributed by atoms with Crippen molar-refractivity contribution in [3.8, 4) is 17.4 Å². The second kappa shape index (κ2) is 10.7. The molecule has 0 fully saturated rings. The number of carbonyl (C=O) groups excluding carboxylic acids is 2. The number of ether oxygens (including phenoxy) is 2. The van der Waals surface area contributed by atoms with Crippen molar-refractivity contribution >= 4 is 41.2 Å². The van der Waals surface area contributed by atoms with E-state index in [2.05, 4.69) is 0 Å². The fourth-order valence-electron chi connectivity index (χ4n) is 2.74. The van der Waals surface area contributed by atoms with Crippen LogP contribution in [0.15, 0.2) is 64.6 Å². The molecular weight excluding hydrogens is 453 g/mol. The van der Waals surface area contributed by atoms with Gasteiger partial charge >= 0.3 is 11.9 Å². The minimum absolute atomic E-state index is 0.000442. The molecule has 162 valence electrons. The Hall–Kier alpha value is -3.53. The Morgan fingerprint density at radius 2 is 1.84 bits per heavy atom. The van der Waals surface area contributed by atoms with Crippen LogP contribution >= 0.6 is 23.2 Å². The first-order valence-corrected chi connectivity index (χ1v) is 10.3. The highest BCUT2D eigenvalue weighted by atomic mass is 35.5. The molecule has 0 saturated heterocycles. The third kappa shape index (κ3) is 5.58. The highest BCUT2D eigenvalue weighted by Crippen LogP contribution is 2.28. The van der Waals surface area contributed by atoms with Crippen LogP contribution in [-0.2, 0) is 20.9 Å². The minimum Gasteiger partial charge on any atom is -0.462 e. The summed E-state index contributed by atoms with van der Waals surface area (Å²) in [6, 6.07) is 16.9. The molecule has 0 bridgehead atoms. The number of nitrogens with zero attached hydrogens (tertiary/aromatic N) is 1. The van der Waals surface area contributed by atoms with E-state index < -0.39 is 11.9 Å². The van der Waals surface area contributed by atoms with Crippen LogP contribution in [-0.4, -0.2) is 18.5 Å². The van der Waals surface area contributed by atoms with Crippen LogP contribution in [0.5, 0.6) is 0 Å². The molecule has 0 aliphatic carbocycles. The third-order valence-electron chi connectivity index (χ3n) is 4.32. The standard InChI is InChI=1S/C24H17Cl2NO5/c1-2-30-23(28)17(13-27)11-18-8-10-22(32-18)15-7-9-21(26)19(12-15)24(29)31-14-16-5-3-4-6-20(16)25/h3-12H,2,14H2,1H3/b17-11+. The molecule has 0 aliphatic heterocycles. The van der Waals surface area contributed by atoms with Crippen molar-refractivity contribution < 1.29 is 23.5 Å². The van der Waals surface area contributed by atoms with Gasteiger partial charge in [0, 0.05) is 22.2 Å². The zero-order valence-electron chi connectivity index (χ0n) is 16.9. The molecule has 0 aliphatic rings. The van der Waals surface area contributed by atoms with E-state index in [1.165, 1.54) is 6.08 Å². The zero-order valence-corrected chi connectivity index (χ0v) is 18.4. The van der Waals surface area contributed by atoms with Gasteiger partial charge in [0.15, 0.2) is 0 Å². The molecule has 0 N–H and O–H groups in total. The second-order valence-electron chi connectivity index (χ2n) is 6.45. The van der Waals surface area contributed by atoms with Crippen molar-refractivity contribution in [2.45, 2.75) is 13.5 Å². The van der Waals surface area contributed by atoms with Crippen LogP contribution in [0.4, 0.5) is 0 Å². The van der Waals surface area contributed by atoms with E-state index >= 15 is 0 Å². The van der Waals surface area contributed by atoms with Gasteiger partial charge in [-0.1, -0.05) is 41.4 Å². The fraction of sp³-hybridized carbons (Fsp3) is 0.125. The van der Waals surface area contributed by atoms with Gasteiger partial charge in [0.2, 0.25) is 0 Å². The topological polar surface area (TPSA) is 89.5 Å². The van der Waals surface area contributed by atoms with E-state index in [1.807, 2.05) is 0 Å². The molecule has 2 aromatic carbocycles. The van der Waals surface area contributed by atoms with Crippen LogP contribution < -0.4 is 0 Å². The van der Waals surface area contributed by atoms with Crippen LogP contribution in [0.3, 0.4) is 0 Å². The number of halogens is 2. The van der Waals surface area contributed by atoms with Gasteiger partial charge in [-0.05, 0) is 43.3 Å². The maximum absolute atomic E-state index is 12.6. The predicted molar refractivity (Wildman–Crippen MR) is 120 cm³/mol. The van der Waals surface area contributed by atoms with Gasteiger partial charge in [0.25, 0.3) is 0 Å². The fourth-order valence-corrected chi connectivity index (χ4v) is 3.13. The summed E-state index contributed by atoms with van der Waals surface area (Å²) < 4.78 is 15.9. The number of rotatable bonds is 7. The molecule has 0 unspecified atom stereocenters. The Kier molecular flexibility index (Phi) is 7.72. The molecule has 0 radical (unpaired) electrons. The molecule has 0 spiro atoms. The maximum Gasteiger partial charge on any atom is 0.349 e. The Balaban J connectivity index is 1.80. The number of esters is 2. The molecule has 3 aromatic rings. The van der Waals surface area contributed by atoms with E-state index in [-0.39, 0.29) is 35.1 Å². The van der Waals surface area contributed by atoms with Gasteiger partial charge in [0.1, 0.15) is 29.8 Å². The van der Waals surface area contributed by atoms with Crippen LogP contribution in [0, 0.1) is 11.3 Å². The summed E-state index contributed by atoms with van der Waals surface area (Å²) in [7, 11) is 0. The highest BCUT2D eigenvalue weighted by Gasteiger charge is 2.16. The number of furan rings is 1. The second-order valence-corrected chi connectivity index (χ2v) is 7.27. The molecule has 0 saturated carbocycles. The molecule has 0 amide bonds. The van der Waals surface area contributed by atoms with E-state index in [1.54, 1.807) is 67.6 Å². The largest absolute Gasteiger partial charge is 0.462 e. The normalized spacial score (nSPS) is 11.0. The van der Waals surface area contributed by atoms with Crippen molar-refractivity contribution in [2.75, 3.05) is 6.61 Å². The van der Waals surface area contributed by atoms with Crippen molar-refractivity contribution in [1.29, 1.82) is 5.26 Å². The molecule has 0 atom stereocenters. The summed E-state index contributed by atoms with van der Waals surface area (Å²) in [4.78, 5) is 24.4. The molecular formula is C24H17Cl2NO5. The van der Waals surface area contributed by atoms with Gasteiger partial charge in [-0.15, -0.1) is 0 Å². The molecule has 1 aromatic heterocycles. The number of carbonyl (C=O) groups is 2. The van der Waals surface area contributed by atoms with Crippen molar-refractivity contribution in [1.82, 2.24) is 0 Å². The maximum atomic E-state index is 12.6. The zero-order chi connectivity index (χ0) is 23.1. The Morgan fingerprint density at radius 3 is 2.56 bits per heavy atom. The molecule has 32 heavy (non-hydrogen) atoms. The van der Waals surface area contributed by atoms with E-state index in [4.69, 9.17) is 42.4 Å². The minimum atomic E-state index is -0.733. The smallest absolute Gasteiger partial charge is 0.349 e. The summed E-state index contributed by atoms with van der Waals surface area (Å²) in [5, 5.41) is 9.87. The predicted octanol–water partition coefficient (Wildman–Crippen LogP) is 6.08. The van der Waals surface area contributed by atoms with E-state index in [9.17, 15) is 9.59 Å². The van der Waals surface area contributed by atoms with E-state index in [0.29, 0.717) is 21.9 Å². The highest BCUT2D eigenvalue weighted by molar-refractivity contribution is 6.33. The molecule has 8 heteroatoms. The average molecular weight is 470 g/mol. The summed E-state index contributed by atoms with van der Waals surface area (Å²) in [5.74, 6) is -0.655. The number of hydrogen-bond acceptors (Lipinski definition) is 6. The first kappa shape index (κ1) is 23.1. The first-order valence-electron chi connectivity index (χ1n) is 9.52. The number of benzene rings is 2. The molecule has 1 heterocycles. The Morgan fingerprint density at radius 1 is 1.06 bits per heavy atom. The SMILES string of the molecule is CCOC(=O)/C(C#N)=C/c1ccc(-c2ccc(Cl)c(C(=O)OCc3ccccc3Cl)c2)o1. The van der Waals surface area contributed by atoms with Gasteiger partial charge < -0.3 is 13.9 Å². The number of nitriles is 1. The lowest BCUT2D eigenvalue weighted by atomic mass is 10.1. The summed E-state index contributed by atoms with van der Waals surface area (Å²) in [6.45, 7) is 1.80. The van der Waals surface area contributed by atoms with Gasteiger partial charge in [-0.3, -0.25) is 0 Å². The lowest BCUT2D eigenvalue weighted by Crippen LogP contribution is -2.06. The molecule has 3 rings (SSSR count). The monoisotopic (exact) mass is 469 g/mol. The van der Waals surface area contributed by atoms with Gasteiger partial charge in [-0.2, -0.15) is 5.26 Å². The van der Waals surface area contributed by atoms with Crippen molar-refractivity contribution in [3.05, 3.63) is 87.1 Å². The lowest BCUT2D eigenvalue weighted by Gasteiger charge is -2.09. The molecule has 6 nitrogen and oxygen atoms in total. The van der Waals surface area contributed by atoms with Crippen molar-refractivity contribution in [3.63, 3.8) is 0 Å². The number of hydrogen-bond donors (Lipinski definition) is 0. The third-order valence-corrected chi connectivity index (χ3v) is 5.01. The average Bonchev–Trinajstić information content (AvgIpc) is 3.25. The van der Waals surface area contributed by atoms with Crippen LogP contribution in [0.1, 0.15) is 28.6 Å². The Labute approximate surface area is 194 Å². The van der Waals surface area contributed by atoms with Gasteiger partial charge in [0.05, 0.1) is 17.2 Å². The summed E-state index contributed by atoms with van der Waals surface area (Å²) in [6.07, 6.45) is 1.29. The van der Waals surface area contributed by atoms with Crippen molar-refractivity contribution in [2.24, 2.45) is 0 Å². The van der Waals surface area contributed by atoms with Gasteiger partial charge in [-0.25, -0.2) is 9.59 Å². The Bertz CT molecular complexity index is 1220. The lowest BCUT2D eigenvalue weighted by molar-refractivity contribution is -0.137. The summed E-state index contributed by atoms with van der Waals surface area (Å²) in [5.41, 5.74) is 1.21. The van der Waals surface area contributed by atoms with E-state index in [0.717, 1.165) is 0 Å². The van der Waals surface area contributed by atoms with Crippen LogP contribution in [0.2, 0.25) is 10.0 Å².